The average Bonchev–Trinajstić information content (AvgIpc) is 3.18. The molecule has 0 bridgehead atoms. The Kier molecular flexibility index (Phi) is 8.13. The summed E-state index contributed by atoms with van der Waals surface area (Å²) in [5, 5.41) is 5.56. The van der Waals surface area contributed by atoms with Crippen LogP contribution in [0.2, 0.25) is 0 Å². The fourth-order valence-corrected chi connectivity index (χ4v) is 4.61. The van der Waals surface area contributed by atoms with Gasteiger partial charge in [-0.3, -0.25) is 4.79 Å². The number of methoxy groups -OCH3 is 1. The largest absolute Gasteiger partial charge is 0.465 e. The number of amides is 1. The number of esters is 1. The van der Waals surface area contributed by atoms with Gasteiger partial charge in [-0.1, -0.05) is 12.1 Å². The molecule has 0 aliphatic carbocycles. The van der Waals surface area contributed by atoms with Gasteiger partial charge in [-0.25, -0.2) is 9.78 Å². The van der Waals surface area contributed by atoms with Gasteiger partial charge < -0.3 is 24.8 Å². The van der Waals surface area contributed by atoms with Crippen molar-refractivity contribution in [2.24, 2.45) is 0 Å². The maximum Gasteiger partial charge on any atom is 0.421 e. The molecule has 0 radical (unpaired) electrons. The van der Waals surface area contributed by atoms with Gasteiger partial charge in [0, 0.05) is 52.6 Å². The number of anilines is 4. The first-order valence-electron chi connectivity index (χ1n) is 11.5. The van der Waals surface area contributed by atoms with E-state index in [4.69, 9.17) is 9.26 Å². The molecule has 9 nitrogen and oxygen atoms in total. The smallest absolute Gasteiger partial charge is 0.421 e. The Balaban J connectivity index is 1.66. The summed E-state index contributed by atoms with van der Waals surface area (Å²) >= 11 is 0. The van der Waals surface area contributed by atoms with Gasteiger partial charge in [0.1, 0.15) is 11.4 Å². The first-order valence-corrected chi connectivity index (χ1v) is 12.7. The highest BCUT2D eigenvalue weighted by atomic mass is 31.1. The number of halogens is 3. The molecular weight excluding hydrogens is 522 g/mol. The maximum atomic E-state index is 13.8. The molecular formula is C25H25F3N5O4P. The minimum atomic E-state index is -4.76. The van der Waals surface area contributed by atoms with E-state index in [0.29, 0.717) is 32.9 Å². The van der Waals surface area contributed by atoms with Crippen molar-refractivity contribution >= 4 is 43.8 Å². The number of aromatic nitrogens is 2. The van der Waals surface area contributed by atoms with E-state index in [2.05, 4.69) is 20.6 Å². The fourth-order valence-electron chi connectivity index (χ4n) is 3.91. The minimum absolute atomic E-state index is 0.0734. The molecule has 200 valence electrons. The summed E-state index contributed by atoms with van der Waals surface area (Å²) in [7, 11) is 3.08. The summed E-state index contributed by atoms with van der Waals surface area (Å²) < 4.78 is 51.6. The molecule has 13 heteroatoms. The van der Waals surface area contributed by atoms with E-state index in [1.54, 1.807) is 12.1 Å². The molecule has 1 aliphatic heterocycles. The zero-order valence-electron chi connectivity index (χ0n) is 20.8. The number of nitrogens with one attached hydrogen (secondary N) is 2. The van der Waals surface area contributed by atoms with Crippen molar-refractivity contribution in [3.63, 3.8) is 0 Å². The lowest BCUT2D eigenvalue weighted by Crippen LogP contribution is -2.18. The van der Waals surface area contributed by atoms with Crippen LogP contribution in [0.25, 0.3) is 0 Å². The van der Waals surface area contributed by atoms with Crippen LogP contribution in [0.4, 0.5) is 36.3 Å². The molecule has 0 spiro atoms. The van der Waals surface area contributed by atoms with Crippen LogP contribution in [0.5, 0.6) is 0 Å². The SMILES string of the molecule is CCOPCc1ccc(Nc2ncc(C(F)(F)F)c(Nc3ccc(C(=O)OC)c4c3C(=O)N(C)C4)n2)cc1. The number of benzene rings is 2. The van der Waals surface area contributed by atoms with Gasteiger partial charge in [0.05, 0.1) is 23.9 Å². The number of alkyl halides is 3. The van der Waals surface area contributed by atoms with Crippen LogP contribution in [0.1, 0.15) is 44.3 Å². The van der Waals surface area contributed by atoms with Crippen molar-refractivity contribution in [1.82, 2.24) is 14.9 Å². The van der Waals surface area contributed by atoms with E-state index in [-0.39, 0.29) is 29.3 Å². The predicted octanol–water partition coefficient (Wildman–Crippen LogP) is 5.48. The van der Waals surface area contributed by atoms with Crippen LogP contribution in [-0.2, 0) is 28.1 Å². The van der Waals surface area contributed by atoms with Crippen molar-refractivity contribution in [2.75, 3.05) is 31.4 Å². The maximum absolute atomic E-state index is 13.8. The first kappa shape index (κ1) is 27.3. The third-order valence-electron chi connectivity index (χ3n) is 5.75. The zero-order chi connectivity index (χ0) is 27.4. The van der Waals surface area contributed by atoms with Crippen LogP contribution in [-0.4, -0.2) is 47.5 Å². The monoisotopic (exact) mass is 547 g/mol. The molecule has 1 aromatic heterocycles. The van der Waals surface area contributed by atoms with Crippen molar-refractivity contribution in [1.29, 1.82) is 0 Å². The average molecular weight is 547 g/mol. The van der Waals surface area contributed by atoms with E-state index in [9.17, 15) is 22.8 Å². The summed E-state index contributed by atoms with van der Waals surface area (Å²) in [6.07, 6.45) is -3.34. The number of fused-ring (bicyclic) bond motifs is 1. The second-order valence-electron chi connectivity index (χ2n) is 8.32. The van der Waals surface area contributed by atoms with Gasteiger partial charge in [0.2, 0.25) is 5.95 Å². The third kappa shape index (κ3) is 5.87. The van der Waals surface area contributed by atoms with Gasteiger partial charge in [0.25, 0.3) is 5.91 Å². The topological polar surface area (TPSA) is 106 Å². The summed E-state index contributed by atoms with van der Waals surface area (Å²) in [6.45, 7) is 2.68. The molecule has 38 heavy (non-hydrogen) atoms. The molecule has 0 saturated heterocycles. The molecule has 4 rings (SSSR count). The van der Waals surface area contributed by atoms with Crippen LogP contribution in [0, 0.1) is 0 Å². The van der Waals surface area contributed by atoms with Gasteiger partial charge in [0.15, 0.2) is 0 Å². The van der Waals surface area contributed by atoms with E-state index in [1.165, 1.54) is 31.2 Å². The van der Waals surface area contributed by atoms with E-state index < -0.39 is 29.4 Å². The minimum Gasteiger partial charge on any atom is -0.465 e. The van der Waals surface area contributed by atoms with Crippen molar-refractivity contribution in [2.45, 2.75) is 25.8 Å². The quantitative estimate of drug-likeness (QED) is 0.206. The van der Waals surface area contributed by atoms with Crippen molar-refractivity contribution < 1.29 is 32.0 Å². The number of carbonyl (C=O) groups excluding carboxylic acids is 2. The molecule has 1 amide bonds. The molecule has 1 unspecified atom stereocenters. The van der Waals surface area contributed by atoms with Crippen LogP contribution < -0.4 is 10.6 Å². The number of ether oxygens (including phenoxy) is 1. The second-order valence-corrected chi connectivity index (χ2v) is 9.25. The lowest BCUT2D eigenvalue weighted by Gasteiger charge is -2.17. The van der Waals surface area contributed by atoms with E-state index >= 15 is 0 Å². The van der Waals surface area contributed by atoms with Gasteiger partial charge in [-0.05, 0) is 36.8 Å². The summed E-state index contributed by atoms with van der Waals surface area (Å²) in [4.78, 5) is 34.3. The Hall–Kier alpha value is -3.76. The lowest BCUT2D eigenvalue weighted by atomic mass is 10.0. The van der Waals surface area contributed by atoms with E-state index in [0.717, 1.165) is 11.7 Å². The number of rotatable bonds is 9. The molecule has 1 atom stereocenters. The number of nitrogens with zero attached hydrogens (tertiary/aromatic N) is 3. The van der Waals surface area contributed by atoms with Crippen LogP contribution >= 0.6 is 8.81 Å². The highest BCUT2D eigenvalue weighted by Gasteiger charge is 2.37. The predicted molar refractivity (Wildman–Crippen MR) is 137 cm³/mol. The lowest BCUT2D eigenvalue weighted by molar-refractivity contribution is -0.137. The Morgan fingerprint density at radius 1 is 1.16 bits per heavy atom. The number of hydrogen-bond donors (Lipinski definition) is 2. The molecule has 0 fully saturated rings. The molecule has 2 heterocycles. The molecule has 2 aromatic carbocycles. The summed E-state index contributed by atoms with van der Waals surface area (Å²) in [5.74, 6) is -1.71. The Labute approximate surface area is 218 Å². The van der Waals surface area contributed by atoms with Gasteiger partial charge in [-0.15, -0.1) is 0 Å². The summed E-state index contributed by atoms with van der Waals surface area (Å²) in [6, 6.07) is 10.1. The normalized spacial score (nSPS) is 13.2. The first-order chi connectivity index (χ1) is 18.1. The van der Waals surface area contributed by atoms with E-state index in [1.807, 2.05) is 19.1 Å². The number of carbonyl (C=O) groups is 2. The van der Waals surface area contributed by atoms with Crippen LogP contribution in [0.3, 0.4) is 0 Å². The highest BCUT2D eigenvalue weighted by Crippen LogP contribution is 2.38. The molecule has 2 N–H and O–H groups in total. The fraction of sp³-hybridized carbons (Fsp3) is 0.280. The zero-order valence-corrected chi connectivity index (χ0v) is 21.8. The van der Waals surface area contributed by atoms with Crippen LogP contribution in [0.15, 0.2) is 42.6 Å². The number of hydrogen-bond acceptors (Lipinski definition) is 8. The molecule has 0 saturated carbocycles. The third-order valence-corrected chi connectivity index (χ3v) is 6.80. The highest BCUT2D eigenvalue weighted by molar-refractivity contribution is 7.31. The van der Waals surface area contributed by atoms with Gasteiger partial charge in [-0.2, -0.15) is 18.2 Å². The Morgan fingerprint density at radius 3 is 2.55 bits per heavy atom. The standard InChI is InChI=1S/C25H25F3N5O4P/c1-4-37-38-13-14-5-7-15(8-6-14)30-24-29-11-18(25(26,27)28)21(32-24)31-19-10-9-16(23(35)36-3)17-12-33(2)22(34)20(17)19/h5-11,38H,4,12-13H2,1-3H3,(H2,29,30,31,32). The van der Waals surface area contributed by atoms with Crippen molar-refractivity contribution in [3.05, 3.63) is 70.4 Å². The molecule has 3 aromatic rings. The summed E-state index contributed by atoms with van der Waals surface area (Å²) in [5.41, 5.74) is 1.21. The van der Waals surface area contributed by atoms with Crippen molar-refractivity contribution in [3.8, 4) is 0 Å². The second kappa shape index (κ2) is 11.3. The molecule has 1 aliphatic rings. The van der Waals surface area contributed by atoms with Gasteiger partial charge >= 0.3 is 12.1 Å². The Morgan fingerprint density at radius 2 is 1.89 bits per heavy atom. The Bertz CT molecular complexity index is 1350.